The Kier molecular flexibility index (Phi) is 4.33. The van der Waals surface area contributed by atoms with Gasteiger partial charge in [0.15, 0.2) is 0 Å². The minimum absolute atomic E-state index is 0.0928. The Balaban J connectivity index is 2.52. The van der Waals surface area contributed by atoms with E-state index < -0.39 is 0 Å². The maximum Gasteiger partial charge on any atom is 0.310 e. The molecule has 0 spiro atoms. The SMILES string of the molecule is CCOC(=O)C1CCCC(Cl)C1Cl. The third kappa shape index (κ3) is 2.75. The highest BCUT2D eigenvalue weighted by Gasteiger charge is 2.36. The smallest absolute Gasteiger partial charge is 0.310 e. The third-order valence-corrected chi connectivity index (χ3v) is 3.54. The number of alkyl halides is 2. The number of ether oxygens (including phenoxy) is 1. The average Bonchev–Trinajstić information content (AvgIpc) is 2.10. The number of rotatable bonds is 2. The fraction of sp³-hybridized carbons (Fsp3) is 0.889. The summed E-state index contributed by atoms with van der Waals surface area (Å²) in [5, 5.41) is -0.362. The first-order valence-electron chi connectivity index (χ1n) is 4.61. The topological polar surface area (TPSA) is 26.3 Å². The van der Waals surface area contributed by atoms with Crippen LogP contribution in [0.3, 0.4) is 0 Å². The number of carbonyl (C=O) groups excluding carboxylic acids is 1. The van der Waals surface area contributed by atoms with Crippen LogP contribution in [0.15, 0.2) is 0 Å². The van der Waals surface area contributed by atoms with E-state index in [9.17, 15) is 4.79 Å². The molecule has 1 aliphatic rings. The summed E-state index contributed by atoms with van der Waals surface area (Å²) in [5.41, 5.74) is 0. The van der Waals surface area contributed by atoms with Crippen LogP contribution in [0, 0.1) is 5.92 Å². The molecule has 13 heavy (non-hydrogen) atoms. The van der Waals surface area contributed by atoms with Crippen LogP contribution in [0.4, 0.5) is 0 Å². The molecule has 0 bridgehead atoms. The summed E-state index contributed by atoms with van der Waals surface area (Å²) >= 11 is 12.0. The summed E-state index contributed by atoms with van der Waals surface area (Å²) < 4.78 is 4.92. The van der Waals surface area contributed by atoms with Crippen molar-refractivity contribution in [1.82, 2.24) is 0 Å². The zero-order valence-electron chi connectivity index (χ0n) is 7.63. The molecule has 1 aliphatic carbocycles. The molecule has 0 amide bonds. The Hall–Kier alpha value is 0.0500. The molecule has 2 nitrogen and oxygen atoms in total. The Morgan fingerprint density at radius 2 is 2.15 bits per heavy atom. The lowest BCUT2D eigenvalue weighted by molar-refractivity contribution is -0.148. The molecular formula is C9H14Cl2O2. The highest BCUT2D eigenvalue weighted by molar-refractivity contribution is 6.31. The second-order valence-electron chi connectivity index (χ2n) is 3.25. The molecule has 3 unspecified atom stereocenters. The molecule has 1 saturated carbocycles. The van der Waals surface area contributed by atoms with E-state index in [0.29, 0.717) is 6.61 Å². The van der Waals surface area contributed by atoms with Gasteiger partial charge in [-0.15, -0.1) is 23.2 Å². The minimum atomic E-state index is -0.269. The summed E-state index contributed by atoms with van der Waals surface area (Å²) in [5.74, 6) is -0.411. The van der Waals surface area contributed by atoms with Crippen molar-refractivity contribution in [2.24, 2.45) is 5.92 Å². The summed E-state index contributed by atoms with van der Waals surface area (Å²) in [6.07, 6.45) is 2.66. The number of esters is 1. The fourth-order valence-corrected chi connectivity index (χ4v) is 2.29. The first kappa shape index (κ1) is 11.1. The van der Waals surface area contributed by atoms with Crippen molar-refractivity contribution in [3.8, 4) is 0 Å². The first-order valence-corrected chi connectivity index (χ1v) is 5.49. The lowest BCUT2D eigenvalue weighted by Gasteiger charge is -2.28. The molecule has 4 heteroatoms. The fourth-order valence-electron chi connectivity index (χ4n) is 1.60. The number of carbonyl (C=O) groups is 1. The van der Waals surface area contributed by atoms with Crippen molar-refractivity contribution >= 4 is 29.2 Å². The van der Waals surface area contributed by atoms with Gasteiger partial charge in [-0.05, 0) is 19.8 Å². The average molecular weight is 225 g/mol. The Bertz CT molecular complexity index is 184. The van der Waals surface area contributed by atoms with E-state index >= 15 is 0 Å². The quantitative estimate of drug-likeness (QED) is 0.533. The van der Waals surface area contributed by atoms with Crippen LogP contribution in [0.1, 0.15) is 26.2 Å². The molecule has 0 aromatic carbocycles. The van der Waals surface area contributed by atoms with Gasteiger partial charge < -0.3 is 4.74 Å². The van der Waals surface area contributed by atoms with Crippen LogP contribution in [0.2, 0.25) is 0 Å². The van der Waals surface area contributed by atoms with E-state index in [1.54, 1.807) is 6.92 Å². The van der Waals surface area contributed by atoms with Crippen LogP contribution < -0.4 is 0 Å². The van der Waals surface area contributed by atoms with Gasteiger partial charge >= 0.3 is 5.97 Å². The monoisotopic (exact) mass is 224 g/mol. The van der Waals surface area contributed by atoms with Gasteiger partial charge in [-0.2, -0.15) is 0 Å². The van der Waals surface area contributed by atoms with Crippen molar-refractivity contribution in [1.29, 1.82) is 0 Å². The molecule has 0 radical (unpaired) electrons. The molecular weight excluding hydrogens is 211 g/mol. The Morgan fingerprint density at radius 1 is 1.46 bits per heavy atom. The highest BCUT2D eigenvalue weighted by Crippen LogP contribution is 2.33. The summed E-state index contributed by atoms with van der Waals surface area (Å²) in [6, 6.07) is 0. The maximum atomic E-state index is 11.4. The molecule has 3 atom stereocenters. The van der Waals surface area contributed by atoms with Crippen molar-refractivity contribution in [2.45, 2.75) is 36.9 Å². The highest BCUT2D eigenvalue weighted by atomic mass is 35.5. The zero-order valence-corrected chi connectivity index (χ0v) is 9.14. The molecule has 1 rings (SSSR count). The summed E-state index contributed by atoms with van der Waals surface area (Å²) in [6.45, 7) is 2.20. The van der Waals surface area contributed by atoms with Crippen LogP contribution >= 0.6 is 23.2 Å². The van der Waals surface area contributed by atoms with Crippen molar-refractivity contribution in [2.75, 3.05) is 6.61 Å². The number of halogens is 2. The van der Waals surface area contributed by atoms with Gasteiger partial charge in [0.2, 0.25) is 0 Å². The van der Waals surface area contributed by atoms with Gasteiger partial charge in [-0.1, -0.05) is 6.42 Å². The molecule has 1 fully saturated rings. The molecule has 76 valence electrons. The number of hydrogen-bond donors (Lipinski definition) is 0. The van der Waals surface area contributed by atoms with Gasteiger partial charge in [0.25, 0.3) is 0 Å². The molecule has 0 N–H and O–H groups in total. The zero-order chi connectivity index (χ0) is 9.84. The van der Waals surface area contributed by atoms with Gasteiger partial charge in [0, 0.05) is 0 Å². The van der Waals surface area contributed by atoms with E-state index in [1.165, 1.54) is 0 Å². The molecule has 0 aromatic heterocycles. The molecule has 0 aromatic rings. The minimum Gasteiger partial charge on any atom is -0.466 e. The van der Waals surface area contributed by atoms with E-state index in [-0.39, 0.29) is 22.6 Å². The first-order chi connectivity index (χ1) is 6.16. The van der Waals surface area contributed by atoms with Crippen molar-refractivity contribution in [3.05, 3.63) is 0 Å². The van der Waals surface area contributed by atoms with Crippen LogP contribution in [-0.4, -0.2) is 23.3 Å². The second kappa shape index (κ2) is 5.06. The number of hydrogen-bond acceptors (Lipinski definition) is 2. The van der Waals surface area contributed by atoms with Crippen LogP contribution in [-0.2, 0) is 9.53 Å². The van der Waals surface area contributed by atoms with Crippen molar-refractivity contribution in [3.63, 3.8) is 0 Å². The van der Waals surface area contributed by atoms with E-state index in [4.69, 9.17) is 27.9 Å². The molecule has 0 saturated heterocycles. The normalized spacial score (nSPS) is 34.2. The predicted molar refractivity (Wildman–Crippen MR) is 53.3 cm³/mol. The molecule has 0 heterocycles. The second-order valence-corrected chi connectivity index (χ2v) is 4.31. The van der Waals surface area contributed by atoms with Crippen LogP contribution in [0.5, 0.6) is 0 Å². The third-order valence-electron chi connectivity index (χ3n) is 2.31. The maximum absolute atomic E-state index is 11.4. The van der Waals surface area contributed by atoms with E-state index in [0.717, 1.165) is 19.3 Å². The van der Waals surface area contributed by atoms with E-state index in [2.05, 4.69) is 0 Å². The lowest BCUT2D eigenvalue weighted by Crippen LogP contribution is -2.36. The Morgan fingerprint density at radius 3 is 2.77 bits per heavy atom. The Labute approximate surface area is 88.5 Å². The van der Waals surface area contributed by atoms with E-state index in [1.807, 2.05) is 0 Å². The van der Waals surface area contributed by atoms with Crippen LogP contribution in [0.25, 0.3) is 0 Å². The predicted octanol–water partition coefficient (Wildman–Crippen LogP) is 2.56. The van der Waals surface area contributed by atoms with Gasteiger partial charge in [0.1, 0.15) is 0 Å². The van der Waals surface area contributed by atoms with Gasteiger partial charge in [-0.3, -0.25) is 4.79 Å². The van der Waals surface area contributed by atoms with Gasteiger partial charge in [0.05, 0.1) is 23.3 Å². The molecule has 0 aliphatic heterocycles. The summed E-state index contributed by atoms with van der Waals surface area (Å²) in [7, 11) is 0. The van der Waals surface area contributed by atoms with Crippen molar-refractivity contribution < 1.29 is 9.53 Å². The standard InChI is InChI=1S/C9H14Cl2O2/c1-2-13-9(12)6-4-3-5-7(10)8(6)11/h6-8H,2-5H2,1H3. The summed E-state index contributed by atoms with van der Waals surface area (Å²) in [4.78, 5) is 11.4. The lowest BCUT2D eigenvalue weighted by atomic mass is 9.88. The van der Waals surface area contributed by atoms with Gasteiger partial charge in [-0.25, -0.2) is 0 Å². The largest absolute Gasteiger partial charge is 0.466 e.